The van der Waals surface area contributed by atoms with Gasteiger partial charge in [0.05, 0.1) is 6.61 Å². The zero-order chi connectivity index (χ0) is 8.91. The lowest BCUT2D eigenvalue weighted by atomic mass is 10.1. The summed E-state index contributed by atoms with van der Waals surface area (Å²) in [5, 5.41) is 0. The molecule has 0 aromatic heterocycles. The van der Waals surface area contributed by atoms with Gasteiger partial charge < -0.3 is 0 Å². The molecule has 0 amide bonds. The van der Waals surface area contributed by atoms with Gasteiger partial charge in [0.25, 0.3) is 0 Å². The molecule has 0 aliphatic heterocycles. The summed E-state index contributed by atoms with van der Waals surface area (Å²) in [5.74, 6) is 0.510. The molecule has 0 bridgehead atoms. The van der Waals surface area contributed by atoms with Crippen molar-refractivity contribution in [1.82, 2.24) is 0 Å². The van der Waals surface area contributed by atoms with Crippen molar-refractivity contribution >= 4 is 7.91 Å². The van der Waals surface area contributed by atoms with Crippen molar-refractivity contribution in [2.45, 2.75) is 26.7 Å². The van der Waals surface area contributed by atoms with Crippen LogP contribution in [-0.2, 0) is 9.09 Å². The molecule has 1 N–H and O–H groups in total. The molecule has 1 atom stereocenters. The molecular formula is C6H14FO3P. The van der Waals surface area contributed by atoms with Crippen LogP contribution in [0.15, 0.2) is 0 Å². The zero-order valence-corrected chi connectivity index (χ0v) is 7.68. The van der Waals surface area contributed by atoms with Crippen molar-refractivity contribution < 1.29 is 18.2 Å². The van der Waals surface area contributed by atoms with Crippen molar-refractivity contribution in [3.63, 3.8) is 0 Å². The van der Waals surface area contributed by atoms with Crippen LogP contribution in [0.25, 0.3) is 0 Å². The third-order valence-electron chi connectivity index (χ3n) is 1.18. The second-order valence-corrected chi connectivity index (χ2v) is 3.98. The Morgan fingerprint density at radius 2 is 2.18 bits per heavy atom. The van der Waals surface area contributed by atoms with E-state index in [-0.39, 0.29) is 6.61 Å². The minimum absolute atomic E-state index is 0.0163. The summed E-state index contributed by atoms with van der Waals surface area (Å²) in [6.45, 7) is 4.06. The smallest absolute Gasteiger partial charge is 0.299 e. The lowest BCUT2D eigenvalue weighted by Crippen LogP contribution is -1.93. The predicted molar refractivity (Wildman–Crippen MR) is 41.0 cm³/mol. The minimum Gasteiger partial charge on any atom is -0.299 e. The van der Waals surface area contributed by atoms with E-state index in [0.29, 0.717) is 12.3 Å². The average molecular weight is 184 g/mol. The maximum absolute atomic E-state index is 11.8. The van der Waals surface area contributed by atoms with Gasteiger partial charge in [-0.1, -0.05) is 13.8 Å². The molecular weight excluding hydrogens is 170 g/mol. The Morgan fingerprint density at radius 1 is 1.64 bits per heavy atom. The molecule has 1 unspecified atom stereocenters. The average Bonchev–Trinajstić information content (AvgIpc) is 1.78. The van der Waals surface area contributed by atoms with Crippen LogP contribution in [-0.4, -0.2) is 11.5 Å². The van der Waals surface area contributed by atoms with Gasteiger partial charge in [-0.15, -0.1) is 4.20 Å². The maximum atomic E-state index is 11.8. The van der Waals surface area contributed by atoms with E-state index in [9.17, 15) is 8.76 Å². The molecule has 0 aliphatic carbocycles. The van der Waals surface area contributed by atoms with Gasteiger partial charge in [0.2, 0.25) is 0 Å². The number of rotatable bonds is 5. The summed E-state index contributed by atoms with van der Waals surface area (Å²) in [4.78, 5) is 8.05. The first kappa shape index (κ1) is 11.1. The molecule has 0 saturated carbocycles. The number of hydrogen-bond acceptors (Lipinski definition) is 2. The second kappa shape index (κ2) is 4.86. The highest BCUT2D eigenvalue weighted by atomic mass is 31.2. The van der Waals surface area contributed by atoms with Crippen molar-refractivity contribution in [2.24, 2.45) is 5.92 Å². The van der Waals surface area contributed by atoms with Gasteiger partial charge in [-0.25, -0.2) is 4.57 Å². The van der Waals surface area contributed by atoms with Gasteiger partial charge >= 0.3 is 7.91 Å². The van der Waals surface area contributed by atoms with Crippen LogP contribution in [0.5, 0.6) is 0 Å². The minimum atomic E-state index is -4.73. The van der Waals surface area contributed by atoms with E-state index in [1.54, 1.807) is 0 Å². The van der Waals surface area contributed by atoms with E-state index in [2.05, 4.69) is 4.52 Å². The fourth-order valence-corrected chi connectivity index (χ4v) is 1.02. The molecule has 3 nitrogen and oxygen atoms in total. The predicted octanol–water partition coefficient (Wildman–Crippen LogP) is 2.51. The van der Waals surface area contributed by atoms with Crippen LogP contribution in [0.2, 0.25) is 0 Å². The molecule has 0 rings (SSSR count). The lowest BCUT2D eigenvalue weighted by molar-refractivity contribution is 0.219. The third-order valence-corrected chi connectivity index (χ3v) is 1.68. The lowest BCUT2D eigenvalue weighted by Gasteiger charge is -2.04. The van der Waals surface area contributed by atoms with Crippen molar-refractivity contribution in [1.29, 1.82) is 0 Å². The summed E-state index contributed by atoms with van der Waals surface area (Å²) in [7, 11) is -4.73. The van der Waals surface area contributed by atoms with Gasteiger partial charge in [0.15, 0.2) is 0 Å². The molecule has 11 heavy (non-hydrogen) atoms. The maximum Gasteiger partial charge on any atom is 0.510 e. The van der Waals surface area contributed by atoms with Crippen molar-refractivity contribution in [3.8, 4) is 0 Å². The topological polar surface area (TPSA) is 46.5 Å². The molecule has 0 aromatic carbocycles. The highest BCUT2D eigenvalue weighted by Crippen LogP contribution is 2.43. The van der Waals surface area contributed by atoms with Crippen LogP contribution < -0.4 is 0 Å². The normalized spacial score (nSPS) is 16.8. The number of hydrogen-bond donors (Lipinski definition) is 1. The largest absolute Gasteiger partial charge is 0.510 e. The second-order valence-electron chi connectivity index (χ2n) is 2.82. The first-order valence-corrected chi connectivity index (χ1v) is 5.05. The van der Waals surface area contributed by atoms with E-state index < -0.39 is 7.91 Å². The highest BCUT2D eigenvalue weighted by molar-refractivity contribution is 7.46. The van der Waals surface area contributed by atoms with E-state index in [1.165, 1.54) is 0 Å². The van der Waals surface area contributed by atoms with Gasteiger partial charge in [0, 0.05) is 0 Å². The molecule has 0 aliphatic rings. The fourth-order valence-electron chi connectivity index (χ4n) is 0.669. The summed E-state index contributed by atoms with van der Waals surface area (Å²) in [6.07, 6.45) is 1.49. The van der Waals surface area contributed by atoms with Crippen LogP contribution in [0.1, 0.15) is 26.7 Å². The van der Waals surface area contributed by atoms with Gasteiger partial charge in [-0.3, -0.25) is 9.42 Å². The third kappa shape index (κ3) is 10.1. The van der Waals surface area contributed by atoms with Crippen LogP contribution in [0, 0.1) is 5.92 Å². The molecule has 0 heterocycles. The van der Waals surface area contributed by atoms with Crippen molar-refractivity contribution in [3.05, 3.63) is 0 Å². The Balaban J connectivity index is 3.22. The zero-order valence-electron chi connectivity index (χ0n) is 6.79. The molecule has 0 spiro atoms. The Kier molecular flexibility index (Phi) is 4.89. The fraction of sp³-hybridized carbons (Fsp3) is 1.00. The molecule has 68 valence electrons. The SMILES string of the molecule is CC(C)CCCOP(=O)(O)F. The summed E-state index contributed by atoms with van der Waals surface area (Å²) in [5.41, 5.74) is 0. The summed E-state index contributed by atoms with van der Waals surface area (Å²) in [6, 6.07) is 0. The summed E-state index contributed by atoms with van der Waals surface area (Å²) < 4.78 is 25.8. The molecule has 0 saturated heterocycles. The Morgan fingerprint density at radius 3 is 2.55 bits per heavy atom. The number of halogens is 1. The standard InChI is InChI=1S/C6H14FO3P/c1-6(2)4-3-5-10-11(7,8)9/h6H,3-5H2,1-2H3,(H,8,9). The van der Waals surface area contributed by atoms with Crippen LogP contribution in [0.3, 0.4) is 0 Å². The molecule has 0 aromatic rings. The van der Waals surface area contributed by atoms with Crippen LogP contribution in [0.4, 0.5) is 4.20 Å². The summed E-state index contributed by atoms with van der Waals surface area (Å²) >= 11 is 0. The van der Waals surface area contributed by atoms with E-state index in [0.717, 1.165) is 6.42 Å². The molecule has 0 radical (unpaired) electrons. The van der Waals surface area contributed by atoms with Gasteiger partial charge in [0.1, 0.15) is 0 Å². The van der Waals surface area contributed by atoms with E-state index >= 15 is 0 Å². The molecule has 0 fully saturated rings. The molecule has 5 heteroatoms. The first-order chi connectivity index (χ1) is 4.92. The van der Waals surface area contributed by atoms with E-state index in [1.807, 2.05) is 13.8 Å². The van der Waals surface area contributed by atoms with Crippen LogP contribution >= 0.6 is 7.91 Å². The quantitative estimate of drug-likeness (QED) is 0.527. The Hall–Kier alpha value is 0.0800. The van der Waals surface area contributed by atoms with E-state index in [4.69, 9.17) is 4.89 Å². The highest BCUT2D eigenvalue weighted by Gasteiger charge is 2.15. The van der Waals surface area contributed by atoms with Crippen molar-refractivity contribution in [2.75, 3.05) is 6.61 Å². The monoisotopic (exact) mass is 184 g/mol. The first-order valence-electron chi connectivity index (χ1n) is 3.59. The van der Waals surface area contributed by atoms with Gasteiger partial charge in [-0.05, 0) is 18.8 Å². The Bertz CT molecular complexity index is 143. The van der Waals surface area contributed by atoms with Gasteiger partial charge in [-0.2, -0.15) is 0 Å². The Labute approximate surface area is 66.2 Å².